The van der Waals surface area contributed by atoms with E-state index in [0.717, 1.165) is 85.9 Å². The molecule has 3 heterocycles. The van der Waals surface area contributed by atoms with Crippen LogP contribution in [-0.4, -0.2) is 64.3 Å². The zero-order chi connectivity index (χ0) is 30.6. The van der Waals surface area contributed by atoms with Gasteiger partial charge in [0.1, 0.15) is 11.1 Å². The number of benzene rings is 3. The molecule has 1 aliphatic heterocycles. The molecule has 1 aliphatic rings. The number of carbonyl (C=O) groups is 1. The summed E-state index contributed by atoms with van der Waals surface area (Å²) < 4.78 is 9.40. The number of anilines is 1. The topological polar surface area (TPSA) is 63.5 Å². The van der Waals surface area contributed by atoms with E-state index in [9.17, 15) is 4.79 Å². The standard InChI is InChI=1S/C34H38ClN5O2S/c1-20-18-26-31(29(22-8-11-24(35)12-9-22)28(20)30(21(2)41)42-34(3,4)5)43-33(36-26)23-10-13-25-27(19-23)39(7)37-32(25)40-16-14-38(6)15-17-40/h8-13,18-19,30H,14-17H2,1-7H3/t30-/m1/s1. The van der Waals surface area contributed by atoms with Crippen molar-refractivity contribution < 1.29 is 9.53 Å². The molecule has 1 saturated heterocycles. The van der Waals surface area contributed by atoms with Crippen LogP contribution in [0.1, 0.15) is 44.9 Å². The van der Waals surface area contributed by atoms with Gasteiger partial charge in [-0.3, -0.25) is 9.48 Å². The molecule has 7 nitrogen and oxygen atoms in total. The highest BCUT2D eigenvalue weighted by atomic mass is 35.5. The fraction of sp³-hybridized carbons (Fsp3) is 0.382. The van der Waals surface area contributed by atoms with Gasteiger partial charge in [0.25, 0.3) is 0 Å². The molecule has 43 heavy (non-hydrogen) atoms. The summed E-state index contributed by atoms with van der Waals surface area (Å²) in [4.78, 5) is 23.0. The molecule has 0 saturated carbocycles. The summed E-state index contributed by atoms with van der Waals surface area (Å²) in [5.74, 6) is 1.01. The summed E-state index contributed by atoms with van der Waals surface area (Å²) in [5.41, 5.74) is 6.31. The van der Waals surface area contributed by atoms with Crippen LogP contribution >= 0.6 is 22.9 Å². The lowest BCUT2D eigenvalue weighted by atomic mass is 9.90. The van der Waals surface area contributed by atoms with Crippen LogP contribution in [0.5, 0.6) is 0 Å². The van der Waals surface area contributed by atoms with Crippen molar-refractivity contribution in [1.29, 1.82) is 0 Å². The van der Waals surface area contributed by atoms with Gasteiger partial charge >= 0.3 is 0 Å². The molecule has 9 heteroatoms. The average molecular weight is 616 g/mol. The van der Waals surface area contributed by atoms with Crippen LogP contribution in [0.3, 0.4) is 0 Å². The minimum atomic E-state index is -0.709. The first kappa shape index (κ1) is 29.8. The van der Waals surface area contributed by atoms with Crippen LogP contribution in [0, 0.1) is 6.92 Å². The smallest absolute Gasteiger partial charge is 0.163 e. The Balaban J connectivity index is 1.51. The van der Waals surface area contributed by atoms with Gasteiger partial charge in [0.15, 0.2) is 11.6 Å². The number of ether oxygens (including phenoxy) is 1. The molecule has 0 amide bonds. The lowest BCUT2D eigenvalue weighted by Gasteiger charge is -2.32. The van der Waals surface area contributed by atoms with Crippen LogP contribution in [0.15, 0.2) is 48.5 Å². The number of nitrogens with zero attached hydrogens (tertiary/aromatic N) is 5. The Kier molecular flexibility index (Phi) is 7.84. The van der Waals surface area contributed by atoms with Gasteiger partial charge < -0.3 is 14.5 Å². The largest absolute Gasteiger partial charge is 0.360 e. The Morgan fingerprint density at radius 3 is 2.33 bits per heavy atom. The second-order valence-electron chi connectivity index (χ2n) is 12.5. The molecular weight excluding hydrogens is 578 g/mol. The molecule has 224 valence electrons. The van der Waals surface area contributed by atoms with Crippen molar-refractivity contribution in [1.82, 2.24) is 19.7 Å². The molecule has 5 aromatic rings. The third kappa shape index (κ3) is 5.81. The van der Waals surface area contributed by atoms with E-state index < -0.39 is 11.7 Å². The monoisotopic (exact) mass is 615 g/mol. The van der Waals surface area contributed by atoms with Crippen molar-refractivity contribution in [3.63, 3.8) is 0 Å². The van der Waals surface area contributed by atoms with Crippen molar-refractivity contribution in [2.24, 2.45) is 7.05 Å². The molecule has 6 rings (SSSR count). The van der Waals surface area contributed by atoms with Crippen molar-refractivity contribution in [2.45, 2.75) is 46.3 Å². The van der Waals surface area contributed by atoms with Gasteiger partial charge in [-0.2, -0.15) is 5.10 Å². The van der Waals surface area contributed by atoms with Crippen molar-refractivity contribution in [2.75, 3.05) is 38.1 Å². The summed E-state index contributed by atoms with van der Waals surface area (Å²) in [6.07, 6.45) is -0.709. The highest BCUT2D eigenvalue weighted by Crippen LogP contribution is 2.45. The second-order valence-corrected chi connectivity index (χ2v) is 14.0. The molecule has 0 unspecified atom stereocenters. The average Bonchev–Trinajstić information content (AvgIpc) is 3.52. The number of hydrogen-bond donors (Lipinski definition) is 0. The first-order valence-electron chi connectivity index (χ1n) is 14.7. The predicted molar refractivity (Wildman–Crippen MR) is 178 cm³/mol. The van der Waals surface area contributed by atoms with E-state index in [1.54, 1.807) is 18.3 Å². The maximum atomic E-state index is 13.1. The molecular formula is C34H38ClN5O2S. The van der Waals surface area contributed by atoms with Crippen LogP contribution < -0.4 is 4.90 Å². The number of rotatable bonds is 6. The van der Waals surface area contributed by atoms with Crippen LogP contribution in [0.4, 0.5) is 5.82 Å². The number of halogens is 1. The Bertz CT molecular complexity index is 1830. The number of thiazole rings is 1. The number of piperazine rings is 1. The van der Waals surface area contributed by atoms with Gasteiger partial charge in [0.05, 0.1) is 21.3 Å². The number of aromatic nitrogens is 3. The van der Waals surface area contributed by atoms with Gasteiger partial charge in [-0.15, -0.1) is 11.3 Å². The molecule has 3 aromatic carbocycles. The number of fused-ring (bicyclic) bond motifs is 2. The van der Waals surface area contributed by atoms with Gasteiger partial charge in [-0.05, 0) is 83.1 Å². The Morgan fingerprint density at radius 2 is 1.67 bits per heavy atom. The number of likely N-dealkylation sites (N-methyl/N-ethyl adjacent to an activating group) is 1. The molecule has 0 radical (unpaired) electrons. The quantitative estimate of drug-likeness (QED) is 0.195. The van der Waals surface area contributed by atoms with Crippen LogP contribution in [0.25, 0.3) is 42.8 Å². The fourth-order valence-electron chi connectivity index (χ4n) is 5.90. The maximum absolute atomic E-state index is 13.1. The molecule has 0 N–H and O–H groups in total. The van der Waals surface area contributed by atoms with Crippen LogP contribution in [0.2, 0.25) is 5.02 Å². The number of hydrogen-bond acceptors (Lipinski definition) is 7. The zero-order valence-corrected chi connectivity index (χ0v) is 27.4. The third-order valence-electron chi connectivity index (χ3n) is 8.05. The van der Waals surface area contributed by atoms with Gasteiger partial charge in [-0.25, -0.2) is 4.98 Å². The Hall–Kier alpha value is -3.30. The van der Waals surface area contributed by atoms with E-state index in [2.05, 4.69) is 41.1 Å². The lowest BCUT2D eigenvalue weighted by Crippen LogP contribution is -2.44. The normalized spacial score (nSPS) is 15.5. The van der Waals surface area contributed by atoms with Gasteiger partial charge in [-0.1, -0.05) is 29.8 Å². The minimum Gasteiger partial charge on any atom is -0.360 e. The SMILES string of the molecule is CC(=O)[C@@H](OC(C)(C)C)c1c(C)cc2nc(-c3ccc4c(N5CCN(C)CC5)nn(C)c4c3)sc2c1-c1ccc(Cl)cc1. The van der Waals surface area contributed by atoms with Crippen LogP contribution in [-0.2, 0) is 16.6 Å². The summed E-state index contributed by atoms with van der Waals surface area (Å²) in [6.45, 7) is 13.6. The summed E-state index contributed by atoms with van der Waals surface area (Å²) in [7, 11) is 4.17. The number of carbonyl (C=O) groups excluding carboxylic acids is 1. The highest BCUT2D eigenvalue weighted by Gasteiger charge is 2.30. The van der Waals surface area contributed by atoms with E-state index in [-0.39, 0.29) is 5.78 Å². The number of Topliss-reactive ketones (excluding diaryl/α,β-unsaturated/α-hetero) is 1. The first-order valence-corrected chi connectivity index (χ1v) is 15.9. The minimum absolute atomic E-state index is 0.0323. The second kappa shape index (κ2) is 11.3. The van der Waals surface area contributed by atoms with Crippen molar-refractivity contribution in [3.8, 4) is 21.7 Å². The Morgan fingerprint density at radius 1 is 1.00 bits per heavy atom. The van der Waals surface area contributed by atoms with E-state index in [1.165, 1.54) is 0 Å². The molecule has 2 aromatic heterocycles. The first-order chi connectivity index (χ1) is 20.4. The summed E-state index contributed by atoms with van der Waals surface area (Å²) in [5, 5.41) is 7.65. The van der Waals surface area contributed by atoms with Crippen molar-refractivity contribution >= 4 is 55.7 Å². The molecule has 1 atom stereocenters. The maximum Gasteiger partial charge on any atom is 0.163 e. The zero-order valence-electron chi connectivity index (χ0n) is 25.9. The fourth-order valence-corrected chi connectivity index (χ4v) is 7.14. The lowest BCUT2D eigenvalue weighted by molar-refractivity contribution is -0.138. The van der Waals surface area contributed by atoms with Gasteiger partial charge in [0, 0.05) is 60.3 Å². The molecule has 1 fully saturated rings. The summed E-state index contributed by atoms with van der Waals surface area (Å²) in [6, 6.07) is 16.4. The predicted octanol–water partition coefficient (Wildman–Crippen LogP) is 7.68. The van der Waals surface area contributed by atoms with E-state index in [0.29, 0.717) is 5.02 Å². The van der Waals surface area contributed by atoms with E-state index >= 15 is 0 Å². The number of ketones is 1. The molecule has 0 bridgehead atoms. The number of aryl methyl sites for hydroxylation is 2. The third-order valence-corrected chi connectivity index (χ3v) is 9.44. The van der Waals surface area contributed by atoms with E-state index in [1.807, 2.05) is 63.7 Å². The Labute approximate surface area is 262 Å². The molecule has 0 spiro atoms. The van der Waals surface area contributed by atoms with Crippen molar-refractivity contribution in [3.05, 3.63) is 64.7 Å². The highest BCUT2D eigenvalue weighted by molar-refractivity contribution is 7.22. The van der Waals surface area contributed by atoms with E-state index in [4.69, 9.17) is 26.4 Å². The molecule has 0 aliphatic carbocycles. The van der Waals surface area contributed by atoms with Gasteiger partial charge in [0.2, 0.25) is 0 Å². The summed E-state index contributed by atoms with van der Waals surface area (Å²) >= 11 is 7.93.